The van der Waals surface area contributed by atoms with Gasteiger partial charge in [-0.15, -0.1) is 0 Å². The van der Waals surface area contributed by atoms with Gasteiger partial charge in [-0.3, -0.25) is 9.69 Å². The van der Waals surface area contributed by atoms with Crippen LogP contribution in [0, 0.1) is 0 Å². The van der Waals surface area contributed by atoms with Crippen LogP contribution in [-0.2, 0) is 4.79 Å². The van der Waals surface area contributed by atoms with Crippen molar-refractivity contribution in [1.82, 2.24) is 15.5 Å². The average molecular weight is 213 g/mol. The summed E-state index contributed by atoms with van der Waals surface area (Å²) < 4.78 is 0. The fourth-order valence-electron chi connectivity index (χ4n) is 2.01. The zero-order valence-electron chi connectivity index (χ0n) is 10.0. The van der Waals surface area contributed by atoms with Gasteiger partial charge in [0.1, 0.15) is 0 Å². The third-order valence-electron chi connectivity index (χ3n) is 2.73. The van der Waals surface area contributed by atoms with E-state index < -0.39 is 0 Å². The van der Waals surface area contributed by atoms with Gasteiger partial charge in [0.2, 0.25) is 5.91 Å². The molecule has 4 nitrogen and oxygen atoms in total. The molecule has 88 valence electrons. The summed E-state index contributed by atoms with van der Waals surface area (Å²) in [5, 5.41) is 6.20. The maximum Gasteiger partial charge on any atom is 0.234 e. The van der Waals surface area contributed by atoms with Crippen molar-refractivity contribution >= 4 is 5.91 Å². The lowest BCUT2D eigenvalue weighted by Gasteiger charge is -2.32. The molecule has 4 heteroatoms. The molecule has 0 aromatic heterocycles. The Labute approximate surface area is 92.4 Å². The van der Waals surface area contributed by atoms with E-state index in [1.54, 1.807) is 0 Å². The largest absolute Gasteiger partial charge is 0.353 e. The highest BCUT2D eigenvalue weighted by molar-refractivity contribution is 5.78. The van der Waals surface area contributed by atoms with Crippen molar-refractivity contribution in [3.63, 3.8) is 0 Å². The van der Waals surface area contributed by atoms with Gasteiger partial charge in [0.05, 0.1) is 6.54 Å². The molecule has 2 N–H and O–H groups in total. The maximum atomic E-state index is 11.5. The topological polar surface area (TPSA) is 44.4 Å². The molecule has 0 saturated carbocycles. The molecule has 1 aliphatic rings. The van der Waals surface area contributed by atoms with Gasteiger partial charge in [0.25, 0.3) is 0 Å². The number of likely N-dealkylation sites (tertiary alicyclic amines) is 1. The average Bonchev–Trinajstić information content (AvgIpc) is 2.16. The second kappa shape index (κ2) is 6.08. The molecular weight excluding hydrogens is 190 g/mol. The summed E-state index contributed by atoms with van der Waals surface area (Å²) in [6.45, 7) is 6.55. The quantitative estimate of drug-likeness (QED) is 0.701. The lowest BCUT2D eigenvalue weighted by molar-refractivity contribution is -0.123. The minimum absolute atomic E-state index is 0.141. The number of carbonyl (C=O) groups excluding carboxylic acids is 1. The number of rotatable bonds is 4. The van der Waals surface area contributed by atoms with Crippen LogP contribution in [0.25, 0.3) is 0 Å². The van der Waals surface area contributed by atoms with Crippen LogP contribution < -0.4 is 10.6 Å². The van der Waals surface area contributed by atoms with Crippen LogP contribution in [0.3, 0.4) is 0 Å². The van der Waals surface area contributed by atoms with Gasteiger partial charge >= 0.3 is 0 Å². The predicted molar refractivity (Wildman–Crippen MR) is 61.8 cm³/mol. The van der Waals surface area contributed by atoms with E-state index in [0.29, 0.717) is 12.6 Å². The van der Waals surface area contributed by atoms with E-state index in [1.807, 2.05) is 20.9 Å². The highest BCUT2D eigenvalue weighted by Crippen LogP contribution is 2.08. The molecular formula is C11H23N3O. The first kappa shape index (κ1) is 12.5. The molecule has 1 amide bonds. The number of carbonyl (C=O) groups is 1. The van der Waals surface area contributed by atoms with Crippen LogP contribution in [-0.4, -0.2) is 49.6 Å². The molecule has 1 saturated heterocycles. The van der Waals surface area contributed by atoms with Crippen LogP contribution in [0.4, 0.5) is 0 Å². The number of amides is 1. The summed E-state index contributed by atoms with van der Waals surface area (Å²) in [5.74, 6) is 0.141. The Bertz CT molecular complexity index is 206. The number of hydrogen-bond acceptors (Lipinski definition) is 3. The predicted octanol–water partition coefficient (Wildman–Crippen LogP) is 0.195. The second-order valence-corrected chi connectivity index (χ2v) is 4.59. The van der Waals surface area contributed by atoms with E-state index >= 15 is 0 Å². The van der Waals surface area contributed by atoms with Gasteiger partial charge < -0.3 is 10.6 Å². The first-order valence-corrected chi connectivity index (χ1v) is 5.80. The number of likely N-dealkylation sites (N-methyl/N-ethyl adjacent to an activating group) is 1. The Morgan fingerprint density at radius 1 is 1.53 bits per heavy atom. The Hall–Kier alpha value is -0.610. The van der Waals surface area contributed by atoms with Crippen LogP contribution in [0.2, 0.25) is 0 Å². The van der Waals surface area contributed by atoms with E-state index in [1.165, 1.54) is 12.8 Å². The summed E-state index contributed by atoms with van der Waals surface area (Å²) in [7, 11) is 1.99. The summed E-state index contributed by atoms with van der Waals surface area (Å²) in [6.07, 6.45) is 2.40. The zero-order chi connectivity index (χ0) is 11.3. The van der Waals surface area contributed by atoms with E-state index in [9.17, 15) is 4.79 Å². The Morgan fingerprint density at radius 3 is 2.87 bits per heavy atom. The third kappa shape index (κ3) is 4.62. The molecule has 0 radical (unpaired) electrons. The van der Waals surface area contributed by atoms with Crippen molar-refractivity contribution < 1.29 is 4.79 Å². The van der Waals surface area contributed by atoms with Crippen LogP contribution in [0.1, 0.15) is 26.7 Å². The summed E-state index contributed by atoms with van der Waals surface area (Å²) in [5.41, 5.74) is 0. The lowest BCUT2D eigenvalue weighted by atomic mass is 10.1. The SMILES string of the molecule is CNC1CCCN(CC(=O)NC(C)C)C1. The fourth-order valence-corrected chi connectivity index (χ4v) is 2.01. The summed E-state index contributed by atoms with van der Waals surface area (Å²) >= 11 is 0. The van der Waals surface area contributed by atoms with Crippen molar-refractivity contribution in [3.8, 4) is 0 Å². The van der Waals surface area contributed by atoms with E-state index in [0.717, 1.165) is 13.1 Å². The molecule has 1 atom stereocenters. The van der Waals surface area contributed by atoms with E-state index in [4.69, 9.17) is 0 Å². The summed E-state index contributed by atoms with van der Waals surface area (Å²) in [6, 6.07) is 0.785. The maximum absolute atomic E-state index is 11.5. The van der Waals surface area contributed by atoms with Gasteiger partial charge in [-0.1, -0.05) is 0 Å². The molecule has 0 bridgehead atoms. The van der Waals surface area contributed by atoms with E-state index in [2.05, 4.69) is 15.5 Å². The monoisotopic (exact) mass is 213 g/mol. The number of nitrogens with one attached hydrogen (secondary N) is 2. The first-order valence-electron chi connectivity index (χ1n) is 5.80. The lowest BCUT2D eigenvalue weighted by Crippen LogP contribution is -2.48. The standard InChI is InChI=1S/C11H23N3O/c1-9(2)13-11(15)8-14-6-4-5-10(7-14)12-3/h9-10,12H,4-8H2,1-3H3,(H,13,15). The van der Waals surface area contributed by atoms with Gasteiger partial charge in [-0.25, -0.2) is 0 Å². The van der Waals surface area contributed by atoms with Crippen molar-refractivity contribution in [2.45, 2.75) is 38.8 Å². The Morgan fingerprint density at radius 2 is 2.27 bits per heavy atom. The van der Waals surface area contributed by atoms with Gasteiger partial charge in [0.15, 0.2) is 0 Å². The molecule has 0 spiro atoms. The molecule has 15 heavy (non-hydrogen) atoms. The Kier molecular flexibility index (Phi) is 5.05. The van der Waals surface area contributed by atoms with Gasteiger partial charge in [0, 0.05) is 18.6 Å². The van der Waals surface area contributed by atoms with Crippen LogP contribution >= 0.6 is 0 Å². The van der Waals surface area contributed by atoms with Crippen molar-refractivity contribution in [3.05, 3.63) is 0 Å². The minimum atomic E-state index is 0.141. The highest BCUT2D eigenvalue weighted by atomic mass is 16.2. The van der Waals surface area contributed by atoms with Crippen molar-refractivity contribution in [2.24, 2.45) is 0 Å². The normalized spacial score (nSPS) is 23.1. The highest BCUT2D eigenvalue weighted by Gasteiger charge is 2.20. The number of hydrogen-bond donors (Lipinski definition) is 2. The molecule has 1 aliphatic heterocycles. The van der Waals surface area contributed by atoms with Crippen molar-refractivity contribution in [2.75, 3.05) is 26.7 Å². The second-order valence-electron chi connectivity index (χ2n) is 4.59. The fraction of sp³-hybridized carbons (Fsp3) is 0.909. The molecule has 1 heterocycles. The number of nitrogens with zero attached hydrogens (tertiary/aromatic N) is 1. The van der Waals surface area contributed by atoms with E-state index in [-0.39, 0.29) is 11.9 Å². The molecule has 0 aliphatic carbocycles. The first-order chi connectivity index (χ1) is 7.11. The minimum Gasteiger partial charge on any atom is -0.353 e. The molecule has 1 rings (SSSR count). The van der Waals surface area contributed by atoms with Crippen LogP contribution in [0.5, 0.6) is 0 Å². The molecule has 0 aromatic carbocycles. The van der Waals surface area contributed by atoms with Gasteiger partial charge in [-0.05, 0) is 40.3 Å². The molecule has 1 unspecified atom stereocenters. The van der Waals surface area contributed by atoms with Crippen molar-refractivity contribution in [1.29, 1.82) is 0 Å². The van der Waals surface area contributed by atoms with Crippen LogP contribution in [0.15, 0.2) is 0 Å². The Balaban J connectivity index is 2.28. The smallest absolute Gasteiger partial charge is 0.234 e. The third-order valence-corrected chi connectivity index (χ3v) is 2.73. The zero-order valence-corrected chi connectivity index (χ0v) is 10.0. The molecule has 0 aromatic rings. The van der Waals surface area contributed by atoms with Gasteiger partial charge in [-0.2, -0.15) is 0 Å². The summed E-state index contributed by atoms with van der Waals surface area (Å²) in [4.78, 5) is 13.8. The molecule has 1 fully saturated rings. The number of piperidine rings is 1.